The monoisotopic (exact) mass is 479 g/mol. The molecular weight excluding hydrogens is 454 g/mol. The lowest BCUT2D eigenvalue weighted by molar-refractivity contribution is -0.138. The first kappa shape index (κ1) is 22.5. The van der Waals surface area contributed by atoms with Gasteiger partial charge in [-0.25, -0.2) is 0 Å². The molecule has 2 saturated heterocycles. The first-order chi connectivity index (χ1) is 16.6. The van der Waals surface area contributed by atoms with Gasteiger partial charge in [-0.1, -0.05) is 23.7 Å². The Morgan fingerprint density at radius 1 is 1.12 bits per heavy atom. The molecule has 0 N–H and O–H groups in total. The van der Waals surface area contributed by atoms with E-state index in [0.29, 0.717) is 30.6 Å². The summed E-state index contributed by atoms with van der Waals surface area (Å²) in [7, 11) is 0. The van der Waals surface area contributed by atoms with Crippen LogP contribution in [0, 0.1) is 17.2 Å². The van der Waals surface area contributed by atoms with Crippen LogP contribution in [-0.2, 0) is 11.3 Å². The van der Waals surface area contributed by atoms with Gasteiger partial charge in [0, 0.05) is 56.8 Å². The van der Waals surface area contributed by atoms with E-state index >= 15 is 0 Å². The van der Waals surface area contributed by atoms with Gasteiger partial charge in [0.2, 0.25) is 17.5 Å². The average Bonchev–Trinajstić information content (AvgIpc) is 3.54. The molecule has 0 radical (unpaired) electrons. The summed E-state index contributed by atoms with van der Waals surface area (Å²) in [5, 5.41) is 10.2. The number of rotatable bonds is 5. The van der Waals surface area contributed by atoms with Gasteiger partial charge in [0.05, 0.1) is 6.26 Å². The van der Waals surface area contributed by atoms with Gasteiger partial charge in [-0.05, 0) is 42.7 Å². The van der Waals surface area contributed by atoms with Crippen molar-refractivity contribution in [2.24, 2.45) is 5.92 Å². The summed E-state index contributed by atoms with van der Waals surface area (Å²) in [6.45, 7) is 5.34. The lowest BCUT2D eigenvalue weighted by atomic mass is 9.95. The zero-order valence-electron chi connectivity index (χ0n) is 18.8. The van der Waals surface area contributed by atoms with Gasteiger partial charge >= 0.3 is 0 Å². The Hall–Kier alpha value is -3.28. The van der Waals surface area contributed by atoms with Crippen LogP contribution in [0.3, 0.4) is 0 Å². The Kier molecular flexibility index (Phi) is 6.57. The number of hydrogen-bond acceptors (Lipinski definition) is 7. The summed E-state index contributed by atoms with van der Waals surface area (Å²) in [4.78, 5) is 23.8. The number of piperazine rings is 1. The minimum Gasteiger partial charge on any atom is -0.459 e. The van der Waals surface area contributed by atoms with Gasteiger partial charge in [-0.2, -0.15) is 10.2 Å². The van der Waals surface area contributed by atoms with Crippen molar-refractivity contribution >= 4 is 23.4 Å². The van der Waals surface area contributed by atoms with Gasteiger partial charge in [0.15, 0.2) is 5.76 Å². The van der Waals surface area contributed by atoms with Gasteiger partial charge in [-0.15, -0.1) is 0 Å². The van der Waals surface area contributed by atoms with Gasteiger partial charge in [0.25, 0.3) is 5.89 Å². The second-order valence-electron chi connectivity index (χ2n) is 8.75. The second-order valence-corrected chi connectivity index (χ2v) is 9.19. The number of carbonyl (C=O) groups excluding carboxylic acids is 1. The van der Waals surface area contributed by atoms with E-state index in [1.54, 1.807) is 18.4 Å². The number of aromatic nitrogens is 1. The van der Waals surface area contributed by atoms with E-state index < -0.39 is 0 Å². The molecule has 8 nitrogen and oxygen atoms in total. The van der Waals surface area contributed by atoms with Gasteiger partial charge < -0.3 is 18.6 Å². The number of halogens is 1. The fourth-order valence-electron chi connectivity index (χ4n) is 4.71. The molecule has 2 aromatic heterocycles. The van der Waals surface area contributed by atoms with Crippen molar-refractivity contribution in [1.29, 1.82) is 5.26 Å². The van der Waals surface area contributed by atoms with Crippen molar-refractivity contribution in [1.82, 2.24) is 14.8 Å². The predicted octanol–water partition coefficient (Wildman–Crippen LogP) is 4.02. The maximum absolute atomic E-state index is 13.2. The topological polar surface area (TPSA) is 89.8 Å². The lowest BCUT2D eigenvalue weighted by Crippen LogP contribution is -2.51. The largest absolute Gasteiger partial charge is 0.459 e. The molecule has 2 aliphatic rings. The number of nitriles is 1. The van der Waals surface area contributed by atoms with E-state index in [1.807, 2.05) is 28.0 Å². The number of hydrogen-bond donors (Lipinski definition) is 0. The second kappa shape index (κ2) is 9.92. The fraction of sp³-hybridized carbons (Fsp3) is 0.400. The van der Waals surface area contributed by atoms with Crippen LogP contribution in [0.15, 0.2) is 51.5 Å². The molecule has 0 saturated carbocycles. The number of carbonyl (C=O) groups is 1. The molecule has 34 heavy (non-hydrogen) atoms. The first-order valence-electron chi connectivity index (χ1n) is 11.6. The smallest absolute Gasteiger partial charge is 0.266 e. The van der Waals surface area contributed by atoms with Gasteiger partial charge in [-0.3, -0.25) is 9.69 Å². The maximum Gasteiger partial charge on any atom is 0.266 e. The maximum atomic E-state index is 13.2. The molecular formula is C25H26ClN5O3. The Labute approximate surface area is 203 Å². The third-order valence-corrected chi connectivity index (χ3v) is 6.79. The van der Waals surface area contributed by atoms with Crippen molar-refractivity contribution in [3.8, 4) is 17.7 Å². The summed E-state index contributed by atoms with van der Waals surface area (Å²) in [5.41, 5.74) is 1.44. The van der Waals surface area contributed by atoms with Crippen LogP contribution in [0.2, 0.25) is 5.02 Å². The average molecular weight is 480 g/mol. The summed E-state index contributed by atoms with van der Waals surface area (Å²) in [6.07, 6.45) is 2.99. The van der Waals surface area contributed by atoms with Gasteiger partial charge in [0.1, 0.15) is 6.07 Å². The summed E-state index contributed by atoms with van der Waals surface area (Å²) in [6, 6.07) is 13.5. The number of amides is 1. The molecule has 0 bridgehead atoms. The molecule has 2 aliphatic heterocycles. The SMILES string of the molecule is N#Cc1nc(-c2ccco2)oc1N1CCC(C(=O)N2CCN(Cc3cccc(Cl)c3)CC2)CC1. The highest BCUT2D eigenvalue weighted by atomic mass is 35.5. The van der Waals surface area contributed by atoms with E-state index in [2.05, 4.69) is 22.0 Å². The van der Waals surface area contributed by atoms with E-state index in [-0.39, 0.29) is 17.5 Å². The van der Waals surface area contributed by atoms with E-state index in [0.717, 1.165) is 50.6 Å². The Morgan fingerprint density at radius 2 is 1.91 bits per heavy atom. The molecule has 0 spiro atoms. The lowest BCUT2D eigenvalue weighted by Gasteiger charge is -2.38. The molecule has 0 unspecified atom stereocenters. The molecule has 0 atom stereocenters. The quantitative estimate of drug-likeness (QED) is 0.545. The van der Waals surface area contributed by atoms with Crippen LogP contribution in [0.1, 0.15) is 24.1 Å². The molecule has 0 aliphatic carbocycles. The normalized spacial score (nSPS) is 17.6. The Balaban J connectivity index is 1.14. The molecule has 5 rings (SSSR count). The van der Waals surface area contributed by atoms with Crippen molar-refractivity contribution in [3.05, 3.63) is 58.9 Å². The Bertz CT molecular complexity index is 1170. The fourth-order valence-corrected chi connectivity index (χ4v) is 4.93. The molecule has 1 aromatic carbocycles. The van der Waals surface area contributed by atoms with Crippen molar-refractivity contribution in [2.45, 2.75) is 19.4 Å². The number of oxazole rings is 1. The first-order valence-corrected chi connectivity index (χ1v) is 11.9. The number of benzene rings is 1. The summed E-state index contributed by atoms with van der Waals surface area (Å²) >= 11 is 6.10. The molecule has 1 amide bonds. The van der Waals surface area contributed by atoms with Crippen LogP contribution in [0.25, 0.3) is 11.7 Å². The van der Waals surface area contributed by atoms with E-state index in [9.17, 15) is 10.1 Å². The zero-order valence-corrected chi connectivity index (χ0v) is 19.6. The molecule has 3 aromatic rings. The third-order valence-electron chi connectivity index (χ3n) is 6.56. The van der Waals surface area contributed by atoms with Crippen molar-refractivity contribution < 1.29 is 13.6 Å². The highest BCUT2D eigenvalue weighted by molar-refractivity contribution is 6.30. The summed E-state index contributed by atoms with van der Waals surface area (Å²) in [5.74, 6) is 1.47. The number of furan rings is 1. The van der Waals surface area contributed by atoms with E-state index in [4.69, 9.17) is 20.4 Å². The standard InChI is InChI=1S/C25H26ClN5O3/c26-20-4-1-3-18(15-20)17-29-10-12-30(13-11-29)24(32)19-6-8-31(9-7-19)25-21(16-27)28-23(34-25)22-5-2-14-33-22/h1-5,14-15,19H,6-13,17H2. The van der Waals surface area contributed by atoms with Crippen LogP contribution in [0.4, 0.5) is 5.88 Å². The van der Waals surface area contributed by atoms with E-state index in [1.165, 1.54) is 5.56 Å². The number of nitrogens with zero attached hydrogens (tertiary/aromatic N) is 5. The number of piperidine rings is 1. The van der Waals surface area contributed by atoms with Crippen LogP contribution in [-0.4, -0.2) is 60.0 Å². The minimum atomic E-state index is -0.00580. The highest BCUT2D eigenvalue weighted by Gasteiger charge is 2.32. The van der Waals surface area contributed by atoms with Crippen LogP contribution in [0.5, 0.6) is 0 Å². The summed E-state index contributed by atoms with van der Waals surface area (Å²) < 4.78 is 11.2. The highest BCUT2D eigenvalue weighted by Crippen LogP contribution is 2.31. The molecule has 2 fully saturated rings. The van der Waals surface area contributed by atoms with Crippen LogP contribution < -0.4 is 4.90 Å². The molecule has 176 valence electrons. The molecule has 4 heterocycles. The van der Waals surface area contributed by atoms with Crippen LogP contribution >= 0.6 is 11.6 Å². The van der Waals surface area contributed by atoms with Crippen molar-refractivity contribution in [3.63, 3.8) is 0 Å². The molecule has 9 heteroatoms. The predicted molar refractivity (Wildman–Crippen MR) is 127 cm³/mol. The minimum absolute atomic E-state index is 0.00580. The third kappa shape index (κ3) is 4.81. The number of anilines is 1. The zero-order chi connectivity index (χ0) is 23.5. The van der Waals surface area contributed by atoms with Crippen molar-refractivity contribution in [2.75, 3.05) is 44.2 Å². The Morgan fingerprint density at radius 3 is 2.59 bits per heavy atom.